The lowest BCUT2D eigenvalue weighted by Crippen LogP contribution is -2.34. The maximum Gasteiger partial charge on any atom is 0.263 e. The third-order valence-electron chi connectivity index (χ3n) is 7.47. The maximum atomic E-state index is 13.4. The van der Waals surface area contributed by atoms with Gasteiger partial charge in [0, 0.05) is 36.3 Å². The van der Waals surface area contributed by atoms with Crippen molar-refractivity contribution < 1.29 is 14.7 Å². The molecular formula is C28H29N7O3S. The second-order valence-electron chi connectivity index (χ2n) is 10.0. The van der Waals surface area contributed by atoms with Crippen molar-refractivity contribution in [1.29, 1.82) is 0 Å². The number of hydrogen-bond acceptors (Lipinski definition) is 8. The summed E-state index contributed by atoms with van der Waals surface area (Å²) < 4.78 is 4.77. The Morgan fingerprint density at radius 2 is 2.00 bits per heavy atom. The van der Waals surface area contributed by atoms with Gasteiger partial charge in [-0.05, 0) is 67.1 Å². The van der Waals surface area contributed by atoms with Crippen LogP contribution in [0.25, 0.3) is 16.9 Å². The van der Waals surface area contributed by atoms with Gasteiger partial charge in [0.25, 0.3) is 11.8 Å². The Kier molecular flexibility index (Phi) is 6.40. The predicted octanol–water partition coefficient (Wildman–Crippen LogP) is 4.17. The first-order chi connectivity index (χ1) is 18.9. The molecule has 5 N–H and O–H groups in total. The number of amides is 2. The normalized spacial score (nSPS) is 15.5. The Balaban J connectivity index is 1.36. The molecule has 6 rings (SSSR count). The van der Waals surface area contributed by atoms with E-state index in [0.717, 1.165) is 22.4 Å². The summed E-state index contributed by atoms with van der Waals surface area (Å²) in [5.74, 6) is 0.273. The lowest BCUT2D eigenvalue weighted by atomic mass is 10.0. The van der Waals surface area contributed by atoms with Gasteiger partial charge in [-0.1, -0.05) is 24.1 Å². The molecule has 1 unspecified atom stereocenters. The molecule has 0 radical (unpaired) electrons. The summed E-state index contributed by atoms with van der Waals surface area (Å²) in [4.78, 5) is 33.3. The van der Waals surface area contributed by atoms with E-state index in [9.17, 15) is 14.7 Å². The fraction of sp³-hybridized carbons (Fsp3) is 0.286. The number of anilines is 3. The van der Waals surface area contributed by atoms with E-state index in [4.69, 9.17) is 10.7 Å². The van der Waals surface area contributed by atoms with Gasteiger partial charge in [-0.15, -0.1) is 5.10 Å². The van der Waals surface area contributed by atoms with Crippen LogP contribution in [0.15, 0.2) is 48.7 Å². The van der Waals surface area contributed by atoms with Crippen LogP contribution in [0.4, 0.5) is 17.2 Å². The second-order valence-corrected chi connectivity index (χ2v) is 10.6. The Morgan fingerprint density at radius 1 is 1.23 bits per heavy atom. The molecule has 11 heteroatoms. The van der Waals surface area contributed by atoms with Crippen LogP contribution < -0.4 is 15.8 Å². The molecule has 0 spiro atoms. The number of nitrogens with zero attached hydrogens (tertiary/aromatic N) is 4. The van der Waals surface area contributed by atoms with Crippen molar-refractivity contribution in [2.24, 2.45) is 5.92 Å². The summed E-state index contributed by atoms with van der Waals surface area (Å²) in [6.45, 7) is 2.62. The Labute approximate surface area is 229 Å². The molecule has 3 heterocycles. The highest BCUT2D eigenvalue weighted by atomic mass is 32.2. The number of aliphatic hydroxyl groups is 1. The zero-order chi connectivity index (χ0) is 27.3. The van der Waals surface area contributed by atoms with Crippen LogP contribution in [0.3, 0.4) is 0 Å². The number of aliphatic hydroxyl groups excluding tert-OH is 1. The Bertz CT molecular complexity index is 1600. The second kappa shape index (κ2) is 9.90. The number of carbonyl (C=O) groups excluding carboxylic acids is 2. The van der Waals surface area contributed by atoms with Crippen LogP contribution in [0.1, 0.15) is 51.6 Å². The standard InChI is InChI=1S/C28H29N7O3S/c1-15(17-5-6-17)34-13-19-11-18(12-22(33-39-2)23(19)28(34)38)21-9-10-35-26(31-21)24(25(29)32-35)27(37)30-20-7-3-16(14-36)4-8-20/h3-4,7-12,15,17,33,36H,5-6,13-14H2,1-2H3,(H2,29,32)(H,30,37). The van der Waals surface area contributed by atoms with Gasteiger partial charge in [0.2, 0.25) is 0 Å². The van der Waals surface area contributed by atoms with Crippen LogP contribution in [0.5, 0.6) is 0 Å². The van der Waals surface area contributed by atoms with Crippen LogP contribution in [-0.4, -0.2) is 48.7 Å². The fourth-order valence-corrected chi connectivity index (χ4v) is 5.57. The van der Waals surface area contributed by atoms with Crippen molar-refractivity contribution in [2.45, 2.75) is 39.0 Å². The first-order valence-corrected chi connectivity index (χ1v) is 14.0. The van der Waals surface area contributed by atoms with Gasteiger partial charge in [-0.3, -0.25) is 9.59 Å². The van der Waals surface area contributed by atoms with E-state index >= 15 is 0 Å². The van der Waals surface area contributed by atoms with Gasteiger partial charge in [0.1, 0.15) is 5.56 Å². The van der Waals surface area contributed by atoms with Gasteiger partial charge in [0.15, 0.2) is 11.5 Å². The molecule has 4 aromatic rings. The number of carbonyl (C=O) groups is 2. The summed E-state index contributed by atoms with van der Waals surface area (Å²) >= 11 is 1.43. The maximum absolute atomic E-state index is 13.4. The van der Waals surface area contributed by atoms with Crippen molar-refractivity contribution in [3.8, 4) is 11.3 Å². The van der Waals surface area contributed by atoms with E-state index < -0.39 is 5.91 Å². The van der Waals surface area contributed by atoms with Crippen LogP contribution in [-0.2, 0) is 13.2 Å². The number of hydrogen-bond donors (Lipinski definition) is 4. The molecule has 1 atom stereocenters. The van der Waals surface area contributed by atoms with Crippen molar-refractivity contribution in [1.82, 2.24) is 19.5 Å². The smallest absolute Gasteiger partial charge is 0.263 e. The van der Waals surface area contributed by atoms with Gasteiger partial charge in [-0.2, -0.15) is 0 Å². The minimum Gasteiger partial charge on any atom is -0.392 e. The van der Waals surface area contributed by atoms with Crippen molar-refractivity contribution >= 4 is 46.6 Å². The molecule has 1 saturated carbocycles. The van der Waals surface area contributed by atoms with E-state index in [0.29, 0.717) is 35.1 Å². The van der Waals surface area contributed by atoms with Crippen LogP contribution in [0, 0.1) is 5.92 Å². The van der Waals surface area contributed by atoms with Crippen molar-refractivity contribution in [2.75, 3.05) is 22.0 Å². The molecule has 2 amide bonds. The molecule has 2 aliphatic rings. The highest BCUT2D eigenvalue weighted by molar-refractivity contribution is 7.99. The van der Waals surface area contributed by atoms with Gasteiger partial charge in [-0.25, -0.2) is 9.50 Å². The molecule has 1 aliphatic heterocycles. The number of nitrogens with one attached hydrogen (secondary N) is 2. The average Bonchev–Trinajstić information content (AvgIpc) is 3.65. The molecule has 0 bridgehead atoms. The quantitative estimate of drug-likeness (QED) is 0.243. The lowest BCUT2D eigenvalue weighted by molar-refractivity contribution is 0.0698. The lowest BCUT2D eigenvalue weighted by Gasteiger charge is -2.24. The van der Waals surface area contributed by atoms with Gasteiger partial charge >= 0.3 is 0 Å². The molecule has 0 saturated heterocycles. The minimum absolute atomic E-state index is 0.0606. The van der Waals surface area contributed by atoms with E-state index in [-0.39, 0.29) is 29.9 Å². The minimum atomic E-state index is -0.433. The van der Waals surface area contributed by atoms with Crippen molar-refractivity contribution in [3.63, 3.8) is 0 Å². The Morgan fingerprint density at radius 3 is 2.69 bits per heavy atom. The third-order valence-corrected chi connectivity index (χ3v) is 7.90. The molecule has 39 heavy (non-hydrogen) atoms. The first-order valence-electron chi connectivity index (χ1n) is 12.8. The average molecular weight is 544 g/mol. The number of rotatable bonds is 8. The molecule has 1 aliphatic carbocycles. The fourth-order valence-electron chi connectivity index (χ4n) is 5.19. The third kappa shape index (κ3) is 4.57. The SMILES string of the molecule is CSNc1cc(-c2ccn3nc(N)c(C(=O)Nc4ccc(CO)cc4)c3n2)cc2c1C(=O)N(C(C)C1CC1)C2. The van der Waals surface area contributed by atoms with Crippen LogP contribution >= 0.6 is 11.9 Å². The molecule has 2 aromatic heterocycles. The molecular weight excluding hydrogens is 514 g/mol. The highest BCUT2D eigenvalue weighted by Gasteiger charge is 2.39. The Hall–Kier alpha value is -4.09. The summed E-state index contributed by atoms with van der Waals surface area (Å²) in [5, 5.41) is 16.4. The highest BCUT2D eigenvalue weighted by Crippen LogP contribution is 2.41. The topological polar surface area (TPSA) is 138 Å². The van der Waals surface area contributed by atoms with E-state index in [1.54, 1.807) is 30.5 Å². The van der Waals surface area contributed by atoms with Gasteiger partial charge in [0.05, 0.1) is 23.6 Å². The number of nitrogen functional groups attached to an aromatic ring is 1. The largest absolute Gasteiger partial charge is 0.392 e. The van der Waals surface area contributed by atoms with Crippen molar-refractivity contribution in [3.05, 3.63) is 70.9 Å². The van der Waals surface area contributed by atoms with E-state index in [1.165, 1.54) is 29.3 Å². The summed E-state index contributed by atoms with van der Waals surface area (Å²) in [7, 11) is 0. The van der Waals surface area contributed by atoms with Gasteiger partial charge < -0.3 is 25.8 Å². The summed E-state index contributed by atoms with van der Waals surface area (Å²) in [6.07, 6.45) is 5.99. The molecule has 10 nitrogen and oxygen atoms in total. The zero-order valence-electron chi connectivity index (χ0n) is 21.6. The number of benzene rings is 2. The number of fused-ring (bicyclic) bond motifs is 2. The molecule has 200 valence electrons. The van der Waals surface area contributed by atoms with Crippen LogP contribution in [0.2, 0.25) is 0 Å². The first kappa shape index (κ1) is 25.2. The van der Waals surface area contributed by atoms with E-state index in [1.807, 2.05) is 29.4 Å². The summed E-state index contributed by atoms with van der Waals surface area (Å²) in [5.41, 5.74) is 11.8. The number of aromatic nitrogens is 3. The summed E-state index contributed by atoms with van der Waals surface area (Å²) in [6, 6.07) is 12.9. The molecule has 1 fully saturated rings. The predicted molar refractivity (Wildman–Crippen MR) is 152 cm³/mol. The monoisotopic (exact) mass is 543 g/mol. The van der Waals surface area contributed by atoms with E-state index in [2.05, 4.69) is 22.1 Å². The number of nitrogens with two attached hydrogens (primary N) is 1. The zero-order valence-corrected chi connectivity index (χ0v) is 22.5. The molecule has 2 aromatic carbocycles.